The summed E-state index contributed by atoms with van der Waals surface area (Å²) in [5.74, 6) is -0.245. The number of methoxy groups -OCH3 is 1. The Bertz CT molecular complexity index is 1100. The number of hydrazine groups is 1. The summed E-state index contributed by atoms with van der Waals surface area (Å²) in [6.07, 6.45) is 1.57. The average Bonchev–Trinajstić information content (AvgIpc) is 3.38. The molecule has 1 aliphatic heterocycles. The lowest BCUT2D eigenvalue weighted by molar-refractivity contribution is -0.123. The van der Waals surface area contributed by atoms with Crippen molar-refractivity contribution in [3.63, 3.8) is 0 Å². The van der Waals surface area contributed by atoms with Crippen LogP contribution in [0.25, 0.3) is 0 Å². The number of hydrogen-bond donors (Lipinski definition) is 2. The number of benzene rings is 2. The molecule has 0 aliphatic carbocycles. The van der Waals surface area contributed by atoms with E-state index in [0.717, 1.165) is 12.8 Å². The third-order valence-corrected chi connectivity index (χ3v) is 6.85. The second-order valence-corrected chi connectivity index (χ2v) is 9.05. The molecule has 10 nitrogen and oxygen atoms in total. The molecule has 0 aromatic heterocycles. The minimum Gasteiger partial charge on any atom is -0.495 e. The number of nitrogens with one attached hydrogen (secondary N) is 2. The highest BCUT2D eigenvalue weighted by Gasteiger charge is 2.30. The van der Waals surface area contributed by atoms with E-state index in [1.54, 1.807) is 24.3 Å². The third kappa shape index (κ3) is 5.93. The maximum atomic E-state index is 13.0. The van der Waals surface area contributed by atoms with Gasteiger partial charge in [-0.15, -0.1) is 0 Å². The van der Waals surface area contributed by atoms with Crippen LogP contribution < -0.4 is 25.1 Å². The lowest BCUT2D eigenvalue weighted by atomic mass is 10.2. The number of hydrogen-bond acceptors (Lipinski definition) is 7. The van der Waals surface area contributed by atoms with Crippen LogP contribution in [0.4, 0.5) is 0 Å². The van der Waals surface area contributed by atoms with E-state index in [9.17, 15) is 18.0 Å². The summed E-state index contributed by atoms with van der Waals surface area (Å²) in [5, 5.41) is 0. The van der Waals surface area contributed by atoms with Gasteiger partial charge in [-0.25, -0.2) is 8.42 Å². The Morgan fingerprint density at radius 1 is 0.970 bits per heavy atom. The molecule has 2 aromatic rings. The molecule has 0 radical (unpaired) electrons. The van der Waals surface area contributed by atoms with Crippen LogP contribution in [-0.4, -0.2) is 58.0 Å². The topological polar surface area (TPSA) is 123 Å². The van der Waals surface area contributed by atoms with Crippen LogP contribution >= 0.6 is 0 Å². The van der Waals surface area contributed by atoms with E-state index < -0.39 is 21.8 Å². The number of ether oxygens (including phenoxy) is 3. The average molecular weight is 478 g/mol. The number of nitrogens with zero attached hydrogens (tertiary/aromatic N) is 1. The van der Waals surface area contributed by atoms with Gasteiger partial charge < -0.3 is 14.2 Å². The Labute approximate surface area is 192 Å². The van der Waals surface area contributed by atoms with Gasteiger partial charge >= 0.3 is 0 Å². The standard InChI is InChI=1S/C22H27N3O7S/c1-3-31-17-8-4-5-9-18(17)32-15-21(26)23-24-22(27)16-10-11-19(30-2)20(14-16)33(28,29)25-12-6-7-13-25/h4-5,8-11,14H,3,6-7,12-13,15H2,1-2H3,(H,23,26)(H,24,27). The molecule has 3 rings (SSSR count). The smallest absolute Gasteiger partial charge is 0.276 e. The van der Waals surface area contributed by atoms with Crippen LogP contribution in [0.5, 0.6) is 17.2 Å². The van der Waals surface area contributed by atoms with E-state index in [2.05, 4.69) is 10.9 Å². The van der Waals surface area contributed by atoms with Crippen LogP contribution in [0, 0.1) is 0 Å². The van der Waals surface area contributed by atoms with Gasteiger partial charge in [-0.05, 0) is 50.1 Å². The van der Waals surface area contributed by atoms with E-state index in [4.69, 9.17) is 14.2 Å². The van der Waals surface area contributed by atoms with Gasteiger partial charge in [0, 0.05) is 18.7 Å². The minimum atomic E-state index is -3.81. The molecule has 0 atom stereocenters. The monoisotopic (exact) mass is 477 g/mol. The molecule has 0 bridgehead atoms. The molecule has 1 fully saturated rings. The molecule has 1 aliphatic rings. The summed E-state index contributed by atoms with van der Waals surface area (Å²) in [4.78, 5) is 24.5. The fourth-order valence-electron chi connectivity index (χ4n) is 3.31. The molecule has 0 saturated carbocycles. The lowest BCUT2D eigenvalue weighted by Crippen LogP contribution is -2.43. The summed E-state index contributed by atoms with van der Waals surface area (Å²) in [5.41, 5.74) is 4.56. The van der Waals surface area contributed by atoms with Crippen LogP contribution in [-0.2, 0) is 14.8 Å². The first-order valence-electron chi connectivity index (χ1n) is 10.5. The molecule has 1 saturated heterocycles. The molecule has 33 heavy (non-hydrogen) atoms. The van der Waals surface area contributed by atoms with Gasteiger partial charge in [-0.1, -0.05) is 12.1 Å². The SMILES string of the molecule is CCOc1ccccc1OCC(=O)NNC(=O)c1ccc(OC)c(S(=O)(=O)N2CCCC2)c1. The number of carbonyl (C=O) groups excluding carboxylic acids is 2. The van der Waals surface area contributed by atoms with Crippen molar-refractivity contribution in [2.24, 2.45) is 0 Å². The van der Waals surface area contributed by atoms with Gasteiger partial charge in [0.15, 0.2) is 18.1 Å². The maximum absolute atomic E-state index is 13.0. The molecule has 178 valence electrons. The first-order valence-corrected chi connectivity index (χ1v) is 11.9. The van der Waals surface area contributed by atoms with Crippen molar-refractivity contribution >= 4 is 21.8 Å². The Morgan fingerprint density at radius 2 is 1.64 bits per heavy atom. The zero-order valence-corrected chi connectivity index (χ0v) is 19.3. The van der Waals surface area contributed by atoms with Gasteiger partial charge in [0.25, 0.3) is 11.8 Å². The molecule has 2 amide bonds. The number of para-hydroxylation sites is 2. The van der Waals surface area contributed by atoms with Crippen molar-refractivity contribution in [3.8, 4) is 17.2 Å². The quantitative estimate of drug-likeness (QED) is 0.527. The van der Waals surface area contributed by atoms with Crippen LogP contribution in [0.1, 0.15) is 30.1 Å². The van der Waals surface area contributed by atoms with Crippen LogP contribution in [0.2, 0.25) is 0 Å². The zero-order chi connectivity index (χ0) is 23.8. The molecule has 2 N–H and O–H groups in total. The molecule has 11 heteroatoms. The van der Waals surface area contributed by atoms with Crippen LogP contribution in [0.15, 0.2) is 47.4 Å². The van der Waals surface area contributed by atoms with E-state index in [1.165, 1.54) is 29.6 Å². The molecule has 0 spiro atoms. The fourth-order valence-corrected chi connectivity index (χ4v) is 5.01. The summed E-state index contributed by atoms with van der Waals surface area (Å²) >= 11 is 0. The largest absolute Gasteiger partial charge is 0.495 e. The Hall–Kier alpha value is -3.31. The predicted molar refractivity (Wildman–Crippen MR) is 120 cm³/mol. The van der Waals surface area contributed by atoms with Gasteiger partial charge in [0.2, 0.25) is 10.0 Å². The van der Waals surface area contributed by atoms with Gasteiger partial charge in [0.1, 0.15) is 10.6 Å². The summed E-state index contributed by atoms with van der Waals surface area (Å²) in [7, 11) is -2.44. The summed E-state index contributed by atoms with van der Waals surface area (Å²) < 4.78 is 43.4. The normalized spacial score (nSPS) is 13.9. The molecule has 1 heterocycles. The first-order chi connectivity index (χ1) is 15.9. The predicted octanol–water partition coefficient (Wildman–Crippen LogP) is 1.72. The van der Waals surface area contributed by atoms with E-state index in [-0.39, 0.29) is 22.8 Å². The molecular weight excluding hydrogens is 450 g/mol. The van der Waals surface area contributed by atoms with Crippen molar-refractivity contribution in [1.29, 1.82) is 0 Å². The molecule has 2 aromatic carbocycles. The van der Waals surface area contributed by atoms with Crippen molar-refractivity contribution < 1.29 is 32.2 Å². The van der Waals surface area contributed by atoms with Crippen LogP contribution in [0.3, 0.4) is 0 Å². The van der Waals surface area contributed by atoms with Gasteiger partial charge in [0.05, 0.1) is 13.7 Å². The van der Waals surface area contributed by atoms with Crippen molar-refractivity contribution in [2.45, 2.75) is 24.7 Å². The Balaban J connectivity index is 1.63. The second-order valence-electron chi connectivity index (χ2n) is 7.15. The minimum absolute atomic E-state index is 0.0523. The number of carbonyl (C=O) groups is 2. The highest BCUT2D eigenvalue weighted by Crippen LogP contribution is 2.30. The lowest BCUT2D eigenvalue weighted by Gasteiger charge is -2.18. The first kappa shape index (κ1) is 24.3. The maximum Gasteiger partial charge on any atom is 0.276 e. The van der Waals surface area contributed by atoms with Crippen molar-refractivity contribution in [3.05, 3.63) is 48.0 Å². The van der Waals surface area contributed by atoms with Gasteiger partial charge in [-0.3, -0.25) is 20.4 Å². The van der Waals surface area contributed by atoms with E-state index in [0.29, 0.717) is 31.2 Å². The third-order valence-electron chi connectivity index (χ3n) is 4.93. The molecular formula is C22H27N3O7S. The van der Waals surface area contributed by atoms with Crippen molar-refractivity contribution in [2.75, 3.05) is 33.4 Å². The Morgan fingerprint density at radius 3 is 2.27 bits per heavy atom. The Kier molecular flexibility index (Phi) is 8.12. The summed E-state index contributed by atoms with van der Waals surface area (Å²) in [6, 6.07) is 11.0. The highest BCUT2D eigenvalue weighted by molar-refractivity contribution is 7.89. The second kappa shape index (κ2) is 11.0. The van der Waals surface area contributed by atoms with E-state index >= 15 is 0 Å². The van der Waals surface area contributed by atoms with E-state index in [1.807, 2.05) is 6.92 Å². The zero-order valence-electron chi connectivity index (χ0n) is 18.5. The molecule has 0 unspecified atom stereocenters. The number of sulfonamides is 1. The highest BCUT2D eigenvalue weighted by atomic mass is 32.2. The number of amides is 2. The van der Waals surface area contributed by atoms with Gasteiger partial charge in [-0.2, -0.15) is 4.31 Å². The summed E-state index contributed by atoms with van der Waals surface area (Å²) in [6.45, 7) is 2.76. The number of rotatable bonds is 9. The fraction of sp³-hybridized carbons (Fsp3) is 0.364. The van der Waals surface area contributed by atoms with Crippen molar-refractivity contribution in [1.82, 2.24) is 15.2 Å².